The van der Waals surface area contributed by atoms with Gasteiger partial charge in [0, 0.05) is 23.6 Å². The van der Waals surface area contributed by atoms with Crippen molar-refractivity contribution in [2.24, 2.45) is 7.05 Å². The van der Waals surface area contributed by atoms with Crippen LogP contribution in [0.2, 0.25) is 0 Å². The van der Waals surface area contributed by atoms with Crippen LogP contribution >= 0.6 is 0 Å². The largest absolute Gasteiger partial charge is 0.478 e. The summed E-state index contributed by atoms with van der Waals surface area (Å²) in [5.41, 5.74) is 3.28. The number of nitrogens with one attached hydrogen (secondary N) is 1. The fraction of sp³-hybridized carbons (Fsp3) is 0.179. The molecule has 5 aromatic rings. The fourth-order valence-corrected chi connectivity index (χ4v) is 4.67. The first-order valence-electron chi connectivity index (χ1n) is 11.5. The number of aryl methyl sites for hydroxylation is 2. The van der Waals surface area contributed by atoms with E-state index in [2.05, 4.69) is 10.4 Å². The molecular weight excluding hydrogens is 461 g/mol. The van der Waals surface area contributed by atoms with Crippen LogP contribution in [0.3, 0.4) is 0 Å². The lowest BCUT2D eigenvalue weighted by Crippen LogP contribution is -2.14. The lowest BCUT2D eigenvalue weighted by molar-refractivity contribution is 0.0693. The molecule has 0 aliphatic carbocycles. The van der Waals surface area contributed by atoms with E-state index in [-0.39, 0.29) is 11.1 Å². The zero-order valence-corrected chi connectivity index (χ0v) is 20.2. The Balaban J connectivity index is 1.72. The molecule has 2 aromatic heterocycles. The molecule has 182 valence electrons. The average Bonchev–Trinajstić information content (AvgIpc) is 3.17. The number of aromatic nitrogens is 2. The molecular formula is C28H24FN3O4. The quantitative estimate of drug-likeness (QED) is 0.318. The number of rotatable bonds is 5. The maximum absolute atomic E-state index is 14.2. The third-order valence-electron chi connectivity index (χ3n) is 6.43. The third kappa shape index (κ3) is 3.71. The summed E-state index contributed by atoms with van der Waals surface area (Å²) in [6.07, 6.45) is 0. The molecule has 0 spiro atoms. The Kier molecular flexibility index (Phi) is 5.59. The number of benzene rings is 3. The summed E-state index contributed by atoms with van der Waals surface area (Å²) in [5.74, 6) is -1.83. The van der Waals surface area contributed by atoms with Crippen molar-refractivity contribution < 1.29 is 18.7 Å². The maximum atomic E-state index is 14.2. The monoisotopic (exact) mass is 485 g/mol. The Morgan fingerprint density at radius 1 is 1.11 bits per heavy atom. The number of nitrogens with zero attached hydrogens (tertiary/aromatic N) is 2. The van der Waals surface area contributed by atoms with E-state index in [4.69, 9.17) is 4.42 Å². The highest BCUT2D eigenvalue weighted by Crippen LogP contribution is 2.35. The van der Waals surface area contributed by atoms with Crippen LogP contribution in [0, 0.1) is 19.7 Å². The minimum absolute atomic E-state index is 0.134. The normalized spacial score (nSPS) is 12.2. The molecule has 1 unspecified atom stereocenters. The molecule has 3 aromatic carbocycles. The molecule has 0 radical (unpaired) electrons. The van der Waals surface area contributed by atoms with Gasteiger partial charge in [0.1, 0.15) is 22.7 Å². The standard InChI is InChI=1S/C28H24FN3O4/c1-14-12-18(16(3)30-21-10-7-9-20(29)23(21)28(34)35)27-19(13-14)25(33)15(2)26(36-27)24-17-8-5-6-11-22(17)32(4)31-24/h5-13,16,30H,1-4H3,(H,34,35). The van der Waals surface area contributed by atoms with E-state index in [1.54, 1.807) is 24.6 Å². The van der Waals surface area contributed by atoms with Crippen molar-refractivity contribution in [1.82, 2.24) is 9.78 Å². The highest BCUT2D eigenvalue weighted by atomic mass is 19.1. The van der Waals surface area contributed by atoms with Gasteiger partial charge in [0.2, 0.25) is 0 Å². The van der Waals surface area contributed by atoms with Crippen LogP contribution in [-0.4, -0.2) is 20.9 Å². The van der Waals surface area contributed by atoms with Crippen molar-refractivity contribution in [2.45, 2.75) is 26.8 Å². The lowest BCUT2D eigenvalue weighted by atomic mass is 9.99. The summed E-state index contributed by atoms with van der Waals surface area (Å²) in [6, 6.07) is 14.9. The third-order valence-corrected chi connectivity index (χ3v) is 6.43. The predicted molar refractivity (Wildman–Crippen MR) is 137 cm³/mol. The van der Waals surface area contributed by atoms with Gasteiger partial charge >= 0.3 is 5.97 Å². The van der Waals surface area contributed by atoms with E-state index in [0.717, 1.165) is 22.5 Å². The van der Waals surface area contributed by atoms with Gasteiger partial charge in [-0.2, -0.15) is 5.10 Å². The van der Waals surface area contributed by atoms with Crippen LogP contribution in [0.1, 0.15) is 40.0 Å². The van der Waals surface area contributed by atoms with E-state index in [0.29, 0.717) is 33.6 Å². The predicted octanol–water partition coefficient (Wildman–Crippen LogP) is 5.97. The summed E-state index contributed by atoms with van der Waals surface area (Å²) in [5, 5.41) is 18.5. The minimum atomic E-state index is -1.37. The van der Waals surface area contributed by atoms with Crippen molar-refractivity contribution in [1.29, 1.82) is 0 Å². The molecule has 2 N–H and O–H groups in total. The first-order valence-corrected chi connectivity index (χ1v) is 11.5. The second-order valence-electron chi connectivity index (χ2n) is 8.94. The zero-order valence-electron chi connectivity index (χ0n) is 20.2. The zero-order chi connectivity index (χ0) is 25.7. The number of para-hydroxylation sites is 1. The molecule has 0 saturated heterocycles. The average molecular weight is 486 g/mol. The van der Waals surface area contributed by atoms with Crippen molar-refractivity contribution >= 4 is 33.5 Å². The molecule has 5 rings (SSSR count). The number of carboxylic acid groups (broad SMARTS) is 1. The van der Waals surface area contributed by atoms with Crippen molar-refractivity contribution in [3.8, 4) is 11.5 Å². The second-order valence-corrected chi connectivity index (χ2v) is 8.94. The number of carbonyl (C=O) groups is 1. The van der Waals surface area contributed by atoms with Crippen LogP contribution < -0.4 is 10.7 Å². The van der Waals surface area contributed by atoms with Crippen LogP contribution in [0.5, 0.6) is 0 Å². The second kappa shape index (κ2) is 8.64. The van der Waals surface area contributed by atoms with Crippen LogP contribution in [0.15, 0.2) is 63.8 Å². The van der Waals surface area contributed by atoms with E-state index >= 15 is 0 Å². The Bertz CT molecular complexity index is 1740. The summed E-state index contributed by atoms with van der Waals surface area (Å²) in [4.78, 5) is 25.2. The number of anilines is 1. The van der Waals surface area contributed by atoms with Gasteiger partial charge in [-0.3, -0.25) is 9.48 Å². The van der Waals surface area contributed by atoms with E-state index in [9.17, 15) is 19.1 Å². The van der Waals surface area contributed by atoms with Gasteiger partial charge in [-0.05, 0) is 50.6 Å². The van der Waals surface area contributed by atoms with E-state index in [1.807, 2.05) is 44.3 Å². The van der Waals surface area contributed by atoms with Gasteiger partial charge in [0.25, 0.3) is 0 Å². The minimum Gasteiger partial charge on any atom is -0.478 e. The van der Waals surface area contributed by atoms with Crippen molar-refractivity contribution in [2.75, 3.05) is 5.32 Å². The van der Waals surface area contributed by atoms with Gasteiger partial charge in [0.05, 0.1) is 22.6 Å². The summed E-state index contributed by atoms with van der Waals surface area (Å²) < 4.78 is 22.4. The summed E-state index contributed by atoms with van der Waals surface area (Å²) in [7, 11) is 1.83. The molecule has 8 heteroatoms. The van der Waals surface area contributed by atoms with Gasteiger partial charge < -0.3 is 14.8 Å². The molecule has 0 aliphatic heterocycles. The van der Waals surface area contributed by atoms with Gasteiger partial charge in [0.15, 0.2) is 11.2 Å². The van der Waals surface area contributed by atoms with Crippen molar-refractivity contribution in [3.63, 3.8) is 0 Å². The molecule has 2 heterocycles. The van der Waals surface area contributed by atoms with Gasteiger partial charge in [-0.1, -0.05) is 30.3 Å². The Hall–Kier alpha value is -4.46. The SMILES string of the molecule is Cc1cc(C(C)Nc2cccc(F)c2C(=O)O)c2oc(-c3nn(C)c4ccccc34)c(C)c(=O)c2c1. The smallest absolute Gasteiger partial charge is 0.340 e. The maximum Gasteiger partial charge on any atom is 0.340 e. The van der Waals surface area contributed by atoms with Crippen LogP contribution in [-0.2, 0) is 7.05 Å². The van der Waals surface area contributed by atoms with Gasteiger partial charge in [-0.25, -0.2) is 9.18 Å². The number of hydrogen-bond donors (Lipinski definition) is 2. The van der Waals surface area contributed by atoms with Gasteiger partial charge in [-0.15, -0.1) is 0 Å². The highest BCUT2D eigenvalue weighted by molar-refractivity contribution is 5.95. The lowest BCUT2D eigenvalue weighted by Gasteiger charge is -2.20. The summed E-state index contributed by atoms with van der Waals surface area (Å²) >= 11 is 0. The van der Waals surface area contributed by atoms with Crippen LogP contribution in [0.25, 0.3) is 33.3 Å². The molecule has 1 atom stereocenters. The Morgan fingerprint density at radius 3 is 2.61 bits per heavy atom. The molecule has 36 heavy (non-hydrogen) atoms. The number of hydrogen-bond acceptors (Lipinski definition) is 5. The molecule has 0 amide bonds. The number of carboxylic acids is 1. The molecule has 7 nitrogen and oxygen atoms in total. The number of aromatic carboxylic acids is 1. The van der Waals surface area contributed by atoms with E-state index in [1.165, 1.54) is 12.1 Å². The molecule has 0 fully saturated rings. The highest BCUT2D eigenvalue weighted by Gasteiger charge is 2.23. The number of halogens is 1. The van der Waals surface area contributed by atoms with E-state index < -0.39 is 23.4 Å². The summed E-state index contributed by atoms with van der Waals surface area (Å²) in [6.45, 7) is 5.40. The number of fused-ring (bicyclic) bond motifs is 2. The fourth-order valence-electron chi connectivity index (χ4n) is 4.67. The Morgan fingerprint density at radius 2 is 1.86 bits per heavy atom. The Labute approximate surface area is 205 Å². The first-order chi connectivity index (χ1) is 17.2. The molecule has 0 bridgehead atoms. The van der Waals surface area contributed by atoms with Crippen molar-refractivity contribution in [3.05, 3.63) is 92.9 Å². The van der Waals surface area contributed by atoms with Crippen LogP contribution in [0.4, 0.5) is 10.1 Å². The topological polar surface area (TPSA) is 97.4 Å². The first kappa shape index (κ1) is 23.3. The molecule has 0 aliphatic rings. The molecule has 0 saturated carbocycles.